The third-order valence-electron chi connectivity index (χ3n) is 3.42. The minimum Gasteiger partial charge on any atom is -0.497 e. The lowest BCUT2D eigenvalue weighted by Gasteiger charge is -1.99. The average Bonchev–Trinajstić information content (AvgIpc) is 3.13. The molecule has 0 atom stereocenters. The normalized spacial score (nSPS) is 11.3. The molecule has 1 aromatic carbocycles. The first kappa shape index (κ1) is 12.2. The van der Waals surface area contributed by atoms with Gasteiger partial charge in [0, 0.05) is 11.8 Å². The van der Waals surface area contributed by atoms with Crippen molar-refractivity contribution in [3.05, 3.63) is 52.4 Å². The van der Waals surface area contributed by atoms with Crippen LogP contribution in [0.15, 0.2) is 46.7 Å². The first-order chi connectivity index (χ1) is 10.3. The van der Waals surface area contributed by atoms with Crippen molar-refractivity contribution >= 4 is 27.2 Å². The van der Waals surface area contributed by atoms with Gasteiger partial charge in [0.25, 0.3) is 0 Å². The molecule has 1 N–H and O–H groups in total. The van der Waals surface area contributed by atoms with E-state index in [0.717, 1.165) is 27.2 Å². The van der Waals surface area contributed by atoms with Gasteiger partial charge in [-0.15, -0.1) is 11.3 Å². The molecule has 3 heterocycles. The molecule has 3 aromatic heterocycles. The van der Waals surface area contributed by atoms with Gasteiger partial charge in [0.15, 0.2) is 5.65 Å². The monoisotopic (exact) mass is 297 g/mol. The Balaban J connectivity index is 1.97. The molecule has 0 saturated carbocycles. The van der Waals surface area contributed by atoms with Gasteiger partial charge < -0.3 is 9.72 Å². The van der Waals surface area contributed by atoms with Gasteiger partial charge in [-0.1, -0.05) is 0 Å². The van der Waals surface area contributed by atoms with E-state index in [9.17, 15) is 4.79 Å². The highest BCUT2D eigenvalue weighted by Crippen LogP contribution is 2.26. The van der Waals surface area contributed by atoms with E-state index in [0.29, 0.717) is 5.65 Å². The summed E-state index contributed by atoms with van der Waals surface area (Å²) in [6.45, 7) is 0. The summed E-state index contributed by atoms with van der Waals surface area (Å²) >= 11 is 1.57. The van der Waals surface area contributed by atoms with E-state index in [-0.39, 0.29) is 5.69 Å². The molecule has 4 aromatic rings. The number of hydrogen-bond acceptors (Lipinski definition) is 4. The zero-order valence-corrected chi connectivity index (χ0v) is 12.0. The summed E-state index contributed by atoms with van der Waals surface area (Å²) in [5.41, 5.74) is 3.05. The van der Waals surface area contributed by atoms with Gasteiger partial charge in [-0.25, -0.2) is 14.2 Å². The van der Waals surface area contributed by atoms with Crippen LogP contribution in [0, 0.1) is 0 Å². The van der Waals surface area contributed by atoms with Crippen molar-refractivity contribution in [2.24, 2.45) is 0 Å². The Morgan fingerprint density at radius 1 is 1.24 bits per heavy atom. The number of H-pyrrole nitrogens is 1. The molecule has 4 rings (SSSR count). The maximum atomic E-state index is 12.1. The van der Waals surface area contributed by atoms with Crippen molar-refractivity contribution in [3.63, 3.8) is 0 Å². The van der Waals surface area contributed by atoms with Crippen molar-refractivity contribution in [1.82, 2.24) is 14.4 Å². The van der Waals surface area contributed by atoms with E-state index in [4.69, 9.17) is 4.74 Å². The van der Waals surface area contributed by atoms with Crippen LogP contribution in [0.4, 0.5) is 0 Å². The van der Waals surface area contributed by atoms with Gasteiger partial charge in [-0.2, -0.15) is 0 Å². The third kappa shape index (κ3) is 1.84. The number of hydrogen-bond donors (Lipinski definition) is 1. The van der Waals surface area contributed by atoms with E-state index in [1.165, 1.54) is 0 Å². The minimum atomic E-state index is -0.178. The highest BCUT2D eigenvalue weighted by atomic mass is 32.1. The minimum absolute atomic E-state index is 0.178. The Labute approximate surface area is 123 Å². The van der Waals surface area contributed by atoms with Crippen molar-refractivity contribution in [2.45, 2.75) is 0 Å². The number of nitrogens with zero attached hydrogens (tertiary/aromatic N) is 2. The van der Waals surface area contributed by atoms with Gasteiger partial charge >= 0.3 is 5.69 Å². The summed E-state index contributed by atoms with van der Waals surface area (Å²) < 4.78 is 7.69. The summed E-state index contributed by atoms with van der Waals surface area (Å²) in [5, 5.41) is 1.95. The van der Waals surface area contributed by atoms with Crippen molar-refractivity contribution in [1.29, 1.82) is 0 Å². The largest absolute Gasteiger partial charge is 0.497 e. The molecule has 0 bridgehead atoms. The van der Waals surface area contributed by atoms with Crippen LogP contribution in [0.5, 0.6) is 5.75 Å². The quantitative estimate of drug-likeness (QED) is 0.619. The van der Waals surface area contributed by atoms with Crippen LogP contribution in [0.25, 0.3) is 27.1 Å². The predicted molar refractivity (Wildman–Crippen MR) is 83.2 cm³/mol. The van der Waals surface area contributed by atoms with E-state index >= 15 is 0 Å². The number of thiophene rings is 1. The van der Waals surface area contributed by atoms with Crippen molar-refractivity contribution in [3.8, 4) is 17.0 Å². The van der Waals surface area contributed by atoms with Crippen LogP contribution in [0.1, 0.15) is 0 Å². The number of aromatic amines is 1. The second kappa shape index (κ2) is 4.46. The van der Waals surface area contributed by atoms with Gasteiger partial charge in [-0.05, 0) is 35.7 Å². The first-order valence-electron chi connectivity index (χ1n) is 6.39. The first-order valence-corrected chi connectivity index (χ1v) is 7.27. The number of nitrogens with one attached hydrogen (secondary N) is 1. The highest BCUT2D eigenvalue weighted by molar-refractivity contribution is 7.17. The number of imidazole rings is 1. The topological polar surface area (TPSA) is 59.4 Å². The molecular formula is C15H11N3O2S. The summed E-state index contributed by atoms with van der Waals surface area (Å²) in [7, 11) is 1.63. The molecule has 21 heavy (non-hydrogen) atoms. The van der Waals surface area contributed by atoms with Crippen molar-refractivity contribution in [2.75, 3.05) is 7.11 Å². The molecule has 0 spiro atoms. The molecule has 0 aliphatic heterocycles. The Morgan fingerprint density at radius 3 is 2.81 bits per heavy atom. The van der Waals surface area contributed by atoms with Crippen LogP contribution in [-0.2, 0) is 0 Å². The number of ether oxygens (including phenoxy) is 1. The zero-order chi connectivity index (χ0) is 14.4. The van der Waals surface area contributed by atoms with Gasteiger partial charge in [-0.3, -0.25) is 0 Å². The second-order valence-corrected chi connectivity index (χ2v) is 5.56. The Morgan fingerprint density at radius 2 is 2.05 bits per heavy atom. The van der Waals surface area contributed by atoms with E-state index in [1.807, 2.05) is 35.7 Å². The molecule has 0 fully saturated rings. The molecule has 0 unspecified atom stereocenters. The number of fused-ring (bicyclic) bond motifs is 3. The van der Waals surface area contributed by atoms with Crippen LogP contribution < -0.4 is 10.4 Å². The predicted octanol–water partition coefficient (Wildman–Crippen LogP) is 2.91. The van der Waals surface area contributed by atoms with Crippen LogP contribution in [-0.4, -0.2) is 21.5 Å². The fraction of sp³-hybridized carbons (Fsp3) is 0.0667. The van der Waals surface area contributed by atoms with Gasteiger partial charge in [0.1, 0.15) is 5.75 Å². The number of aromatic nitrogens is 3. The summed E-state index contributed by atoms with van der Waals surface area (Å²) in [6.07, 6.45) is 1.76. The van der Waals surface area contributed by atoms with Crippen LogP contribution in [0.2, 0.25) is 0 Å². The van der Waals surface area contributed by atoms with E-state index < -0.39 is 0 Å². The second-order valence-electron chi connectivity index (χ2n) is 4.64. The Kier molecular flexibility index (Phi) is 2.58. The smallest absolute Gasteiger partial charge is 0.331 e. The zero-order valence-electron chi connectivity index (χ0n) is 11.2. The molecule has 6 heteroatoms. The lowest BCUT2D eigenvalue weighted by atomic mass is 10.2. The van der Waals surface area contributed by atoms with E-state index in [1.54, 1.807) is 29.0 Å². The SMILES string of the molecule is COc1ccc(-c2cn3c(=O)[nH]c4ccsc4c3n2)cc1. The molecule has 0 radical (unpaired) electrons. The summed E-state index contributed by atoms with van der Waals surface area (Å²) in [6, 6.07) is 9.51. The number of methoxy groups -OCH3 is 1. The molecule has 0 aliphatic rings. The summed E-state index contributed by atoms with van der Waals surface area (Å²) in [5.74, 6) is 0.793. The maximum absolute atomic E-state index is 12.1. The number of benzene rings is 1. The average molecular weight is 297 g/mol. The van der Waals surface area contributed by atoms with Crippen molar-refractivity contribution < 1.29 is 4.74 Å². The lowest BCUT2D eigenvalue weighted by molar-refractivity contribution is 0.415. The molecule has 0 amide bonds. The fourth-order valence-electron chi connectivity index (χ4n) is 2.35. The Hall–Kier alpha value is -2.60. The standard InChI is InChI=1S/C15H11N3O2S/c1-20-10-4-2-9(3-5-10)12-8-18-14(16-12)13-11(6-7-21-13)17-15(18)19/h2-8H,1H3,(H,17,19). The molecule has 0 saturated heterocycles. The highest BCUT2D eigenvalue weighted by Gasteiger charge is 2.11. The molecule has 5 nitrogen and oxygen atoms in total. The lowest BCUT2D eigenvalue weighted by Crippen LogP contribution is -2.14. The molecule has 104 valence electrons. The third-order valence-corrected chi connectivity index (χ3v) is 4.33. The van der Waals surface area contributed by atoms with E-state index in [2.05, 4.69) is 9.97 Å². The molecular weight excluding hydrogens is 286 g/mol. The fourth-order valence-corrected chi connectivity index (χ4v) is 3.19. The van der Waals surface area contributed by atoms with Crippen LogP contribution >= 0.6 is 11.3 Å². The van der Waals surface area contributed by atoms with Gasteiger partial charge in [0.2, 0.25) is 0 Å². The maximum Gasteiger partial charge on any atom is 0.331 e. The summed E-state index contributed by atoms with van der Waals surface area (Å²) in [4.78, 5) is 19.6. The molecule has 0 aliphatic carbocycles. The van der Waals surface area contributed by atoms with Crippen LogP contribution in [0.3, 0.4) is 0 Å². The Bertz CT molecular complexity index is 995. The van der Waals surface area contributed by atoms with Gasteiger partial charge in [0.05, 0.1) is 23.0 Å². The number of rotatable bonds is 2.